The number of cyclic esters (lactones) is 1. The third-order valence-corrected chi connectivity index (χ3v) is 5.58. The van der Waals surface area contributed by atoms with Crippen molar-refractivity contribution in [1.82, 2.24) is 0 Å². The van der Waals surface area contributed by atoms with Crippen molar-refractivity contribution in [3.05, 3.63) is 59.2 Å². The number of nitrogens with zero attached hydrogens (tertiary/aromatic N) is 1. The minimum Gasteiger partial charge on any atom is -0.441 e. The number of hydrogen-bond acceptors (Lipinski definition) is 4. The fraction of sp³-hybridized carbons (Fsp3) is 0.316. The molecule has 0 saturated heterocycles. The molecule has 26 heavy (non-hydrogen) atoms. The van der Waals surface area contributed by atoms with E-state index in [9.17, 15) is 13.2 Å². The zero-order valence-electron chi connectivity index (χ0n) is 15.0. The first kappa shape index (κ1) is 18.3. The number of nitrogens with one attached hydrogen (secondary N) is 1. The maximum Gasteiger partial charge on any atom is 0.414 e. The molecule has 0 spiro atoms. The third-order valence-electron chi connectivity index (χ3n) is 4.32. The minimum atomic E-state index is -3.55. The number of anilines is 2. The Morgan fingerprint density at radius 1 is 1.15 bits per heavy atom. The van der Waals surface area contributed by atoms with Crippen LogP contribution in [0.15, 0.2) is 42.5 Å². The summed E-state index contributed by atoms with van der Waals surface area (Å²) in [7, 11) is -3.55. The van der Waals surface area contributed by atoms with Crippen LogP contribution in [0.1, 0.15) is 36.6 Å². The zero-order valence-corrected chi connectivity index (χ0v) is 15.8. The molecular weight excluding hydrogens is 352 g/mol. The molecule has 2 aromatic carbocycles. The van der Waals surface area contributed by atoms with Crippen LogP contribution in [0.4, 0.5) is 16.2 Å². The maximum atomic E-state index is 12.5. The summed E-state index contributed by atoms with van der Waals surface area (Å²) < 4.78 is 32.9. The second kappa shape index (κ2) is 6.99. The second-order valence-corrected chi connectivity index (χ2v) is 8.11. The summed E-state index contributed by atoms with van der Waals surface area (Å²) in [6, 6.07) is 12.5. The summed E-state index contributed by atoms with van der Waals surface area (Å²) in [6.45, 7) is 6.07. The van der Waals surface area contributed by atoms with Gasteiger partial charge in [0.25, 0.3) is 0 Å². The average Bonchev–Trinajstić information content (AvgIpc) is 2.57. The van der Waals surface area contributed by atoms with Crippen LogP contribution in [0.25, 0.3) is 0 Å². The molecule has 0 radical (unpaired) electrons. The summed E-state index contributed by atoms with van der Waals surface area (Å²) in [5.41, 5.74) is 3.79. The van der Waals surface area contributed by atoms with Gasteiger partial charge in [-0.15, -0.1) is 0 Å². The van der Waals surface area contributed by atoms with Gasteiger partial charge in [-0.25, -0.2) is 13.2 Å². The Labute approximate surface area is 153 Å². The highest BCUT2D eigenvalue weighted by molar-refractivity contribution is 7.91. The lowest BCUT2D eigenvalue weighted by molar-refractivity contribution is 0.108. The third kappa shape index (κ3) is 3.83. The molecule has 1 unspecified atom stereocenters. The van der Waals surface area contributed by atoms with Crippen molar-refractivity contribution in [1.29, 1.82) is 0 Å². The van der Waals surface area contributed by atoms with Crippen LogP contribution >= 0.6 is 0 Å². The number of sulfonamides is 1. The van der Waals surface area contributed by atoms with Gasteiger partial charge in [-0.2, -0.15) is 0 Å². The molecule has 3 rings (SSSR count). The Kier molecular flexibility index (Phi) is 4.91. The van der Waals surface area contributed by atoms with Gasteiger partial charge >= 0.3 is 6.09 Å². The number of aryl methyl sites for hydroxylation is 1. The summed E-state index contributed by atoms with van der Waals surface area (Å²) in [5, 5.41) is 0. The van der Waals surface area contributed by atoms with Crippen LogP contribution in [0.2, 0.25) is 0 Å². The van der Waals surface area contributed by atoms with Crippen molar-refractivity contribution in [2.45, 2.75) is 32.6 Å². The molecule has 0 aliphatic carbocycles. The molecule has 0 aromatic heterocycles. The van der Waals surface area contributed by atoms with Gasteiger partial charge in [0, 0.05) is 17.8 Å². The highest BCUT2D eigenvalue weighted by Crippen LogP contribution is 2.36. The number of benzene rings is 2. The van der Waals surface area contributed by atoms with Gasteiger partial charge in [0.1, 0.15) is 6.10 Å². The van der Waals surface area contributed by atoms with E-state index in [4.69, 9.17) is 4.74 Å². The monoisotopic (exact) mass is 374 g/mol. The lowest BCUT2D eigenvalue weighted by atomic mass is 10.0. The van der Waals surface area contributed by atoms with E-state index in [1.54, 1.807) is 25.1 Å². The maximum absolute atomic E-state index is 12.5. The van der Waals surface area contributed by atoms with E-state index in [2.05, 4.69) is 4.72 Å². The molecule has 1 heterocycles. The molecule has 0 bridgehead atoms. The van der Waals surface area contributed by atoms with Crippen LogP contribution in [0.3, 0.4) is 0 Å². The van der Waals surface area contributed by atoms with Gasteiger partial charge in [0.05, 0.1) is 11.4 Å². The summed E-state index contributed by atoms with van der Waals surface area (Å²) in [4.78, 5) is 13.5. The van der Waals surface area contributed by atoms with E-state index in [1.165, 1.54) is 4.90 Å². The first-order valence-electron chi connectivity index (χ1n) is 8.47. The Bertz CT molecular complexity index is 923. The SMILES string of the molecule is CCN1C(=O)OC(C)c2cc(NS(=O)(=O)Cc3ccc(C)cc3)ccc21. The van der Waals surface area contributed by atoms with Crippen LogP contribution < -0.4 is 9.62 Å². The van der Waals surface area contributed by atoms with Crippen molar-refractivity contribution in [2.75, 3.05) is 16.2 Å². The molecule has 138 valence electrons. The Balaban J connectivity index is 1.83. The molecule has 2 aromatic rings. The Morgan fingerprint density at radius 2 is 1.85 bits per heavy atom. The second-order valence-electron chi connectivity index (χ2n) is 6.39. The lowest BCUT2D eigenvalue weighted by Crippen LogP contribution is -2.36. The number of fused-ring (bicyclic) bond motifs is 1. The standard InChI is InChI=1S/C19H22N2O4S/c1-4-21-18-10-9-16(11-17(18)14(3)25-19(21)22)20-26(23,24)12-15-7-5-13(2)6-8-15/h5-11,14,20H,4,12H2,1-3H3. The number of amides is 1. The molecule has 6 nitrogen and oxygen atoms in total. The largest absolute Gasteiger partial charge is 0.441 e. The molecule has 1 N–H and O–H groups in total. The van der Waals surface area contributed by atoms with Crippen molar-refractivity contribution in [3.8, 4) is 0 Å². The van der Waals surface area contributed by atoms with Gasteiger partial charge in [0.2, 0.25) is 10.0 Å². The van der Waals surface area contributed by atoms with Gasteiger partial charge in [-0.3, -0.25) is 9.62 Å². The van der Waals surface area contributed by atoms with Crippen molar-refractivity contribution in [3.63, 3.8) is 0 Å². The van der Waals surface area contributed by atoms with Crippen LogP contribution in [-0.4, -0.2) is 21.1 Å². The van der Waals surface area contributed by atoms with Crippen LogP contribution in [0, 0.1) is 6.92 Å². The molecule has 1 amide bonds. The fourth-order valence-corrected chi connectivity index (χ4v) is 4.17. The number of rotatable bonds is 5. The number of ether oxygens (including phenoxy) is 1. The topological polar surface area (TPSA) is 75.7 Å². The molecule has 1 aliphatic heterocycles. The number of carbonyl (C=O) groups excluding carboxylic acids is 1. The predicted molar refractivity (Wildman–Crippen MR) is 102 cm³/mol. The first-order valence-corrected chi connectivity index (χ1v) is 10.1. The fourth-order valence-electron chi connectivity index (χ4n) is 2.98. The van der Waals surface area contributed by atoms with Crippen molar-refractivity contribution < 1.29 is 17.9 Å². The van der Waals surface area contributed by atoms with E-state index in [-0.39, 0.29) is 11.8 Å². The molecule has 0 saturated carbocycles. The van der Waals surface area contributed by atoms with Crippen molar-refractivity contribution in [2.24, 2.45) is 0 Å². The Morgan fingerprint density at radius 3 is 2.50 bits per heavy atom. The smallest absolute Gasteiger partial charge is 0.414 e. The van der Waals surface area contributed by atoms with Gasteiger partial charge in [0.15, 0.2) is 0 Å². The molecule has 1 atom stereocenters. The van der Waals surface area contributed by atoms with Crippen LogP contribution in [0.5, 0.6) is 0 Å². The summed E-state index contributed by atoms with van der Waals surface area (Å²) in [6.07, 6.45) is -0.818. The highest BCUT2D eigenvalue weighted by atomic mass is 32.2. The number of hydrogen-bond donors (Lipinski definition) is 1. The zero-order chi connectivity index (χ0) is 18.9. The van der Waals surface area contributed by atoms with E-state index in [0.717, 1.165) is 22.4 Å². The normalized spacial score (nSPS) is 16.8. The lowest BCUT2D eigenvalue weighted by Gasteiger charge is -2.32. The van der Waals surface area contributed by atoms with Crippen molar-refractivity contribution >= 4 is 27.5 Å². The van der Waals surface area contributed by atoms with E-state index >= 15 is 0 Å². The highest BCUT2D eigenvalue weighted by Gasteiger charge is 2.29. The first-order chi connectivity index (χ1) is 12.3. The predicted octanol–water partition coefficient (Wildman–Crippen LogP) is 3.97. The quantitative estimate of drug-likeness (QED) is 0.859. The van der Waals surface area contributed by atoms with Gasteiger partial charge < -0.3 is 4.74 Å². The molecular formula is C19H22N2O4S. The van der Waals surface area contributed by atoms with E-state index in [1.807, 2.05) is 38.1 Å². The molecule has 0 fully saturated rings. The number of carbonyl (C=O) groups is 1. The summed E-state index contributed by atoms with van der Waals surface area (Å²) >= 11 is 0. The van der Waals surface area contributed by atoms with Gasteiger partial charge in [-0.1, -0.05) is 29.8 Å². The van der Waals surface area contributed by atoms with E-state index < -0.39 is 16.1 Å². The molecule has 7 heteroatoms. The van der Waals surface area contributed by atoms with Crippen LogP contribution in [-0.2, 0) is 20.5 Å². The Hall–Kier alpha value is -2.54. The summed E-state index contributed by atoms with van der Waals surface area (Å²) in [5.74, 6) is -0.101. The molecule has 1 aliphatic rings. The van der Waals surface area contributed by atoms with Gasteiger partial charge in [-0.05, 0) is 44.5 Å². The van der Waals surface area contributed by atoms with E-state index in [0.29, 0.717) is 12.2 Å². The average molecular weight is 374 g/mol. The minimum absolute atomic E-state index is 0.101.